The summed E-state index contributed by atoms with van der Waals surface area (Å²) < 4.78 is 15.3. The van der Waals surface area contributed by atoms with Crippen molar-refractivity contribution >= 4 is 39.9 Å². The van der Waals surface area contributed by atoms with Gasteiger partial charge in [-0.15, -0.1) is 11.3 Å². The molecule has 2 heterocycles. The molecular weight excluding hydrogens is 375 g/mol. The van der Waals surface area contributed by atoms with E-state index in [2.05, 4.69) is 10.3 Å². The van der Waals surface area contributed by atoms with E-state index < -0.39 is 0 Å². The zero-order valence-electron chi connectivity index (χ0n) is 14.3. The first kappa shape index (κ1) is 18.6. The Labute approximate surface area is 159 Å². The van der Waals surface area contributed by atoms with Crippen LogP contribution in [0.3, 0.4) is 0 Å². The second-order valence-corrected chi connectivity index (χ2v) is 7.19. The molecule has 136 valence electrons. The summed E-state index contributed by atoms with van der Waals surface area (Å²) in [6.07, 6.45) is 4.91. The number of likely N-dealkylation sites (N-methyl/N-ethyl adjacent to an activating group) is 1. The summed E-state index contributed by atoms with van der Waals surface area (Å²) in [5, 5.41) is 5.10. The molecule has 0 aliphatic carbocycles. The Kier molecular flexibility index (Phi) is 5.70. The minimum absolute atomic E-state index is 0.134. The number of imidazole rings is 1. The van der Waals surface area contributed by atoms with Crippen LogP contribution in [0.4, 0.5) is 4.39 Å². The zero-order valence-corrected chi connectivity index (χ0v) is 15.9. The van der Waals surface area contributed by atoms with Crippen molar-refractivity contribution in [1.29, 1.82) is 0 Å². The summed E-state index contributed by atoms with van der Waals surface area (Å²) in [5.41, 5.74) is 1.46. The molecule has 26 heavy (non-hydrogen) atoms. The molecule has 8 heteroatoms. The van der Waals surface area contributed by atoms with E-state index in [0.29, 0.717) is 17.4 Å². The molecule has 3 rings (SSSR count). The first-order valence-corrected chi connectivity index (χ1v) is 9.20. The van der Waals surface area contributed by atoms with Crippen molar-refractivity contribution in [3.05, 3.63) is 64.1 Å². The van der Waals surface area contributed by atoms with Crippen LogP contribution in [-0.2, 0) is 4.79 Å². The number of hydrogen-bond donors (Lipinski definition) is 1. The Bertz CT molecular complexity index is 950. The number of benzene rings is 1. The number of nitrogens with zero attached hydrogens (tertiary/aromatic N) is 3. The van der Waals surface area contributed by atoms with Crippen molar-refractivity contribution < 1.29 is 9.18 Å². The van der Waals surface area contributed by atoms with E-state index in [1.165, 1.54) is 29.5 Å². The SMILES string of the molecule is CN(C)C(CNC(=O)/C=C/c1c(Cl)nc2sccn12)c1cccc(F)c1. The fourth-order valence-corrected chi connectivity index (χ4v) is 3.65. The van der Waals surface area contributed by atoms with Crippen LogP contribution in [0, 0.1) is 5.82 Å². The summed E-state index contributed by atoms with van der Waals surface area (Å²) in [4.78, 5) is 19.1. The van der Waals surface area contributed by atoms with Crippen molar-refractivity contribution in [2.45, 2.75) is 6.04 Å². The standard InChI is InChI=1S/C18H18ClFN4OS/c1-23(2)15(12-4-3-5-13(20)10-12)11-21-16(25)7-6-14-17(19)22-18-24(14)8-9-26-18/h3-10,15H,11H2,1-2H3,(H,21,25)/b7-6+. The molecule has 1 aromatic carbocycles. The molecule has 0 bridgehead atoms. The Morgan fingerprint density at radius 3 is 3.04 bits per heavy atom. The predicted octanol–water partition coefficient (Wildman–Crippen LogP) is 3.62. The highest BCUT2D eigenvalue weighted by atomic mass is 35.5. The van der Waals surface area contributed by atoms with E-state index in [4.69, 9.17) is 11.6 Å². The molecule has 1 atom stereocenters. The van der Waals surface area contributed by atoms with Crippen LogP contribution in [0.2, 0.25) is 5.15 Å². The number of carbonyl (C=O) groups excluding carboxylic acids is 1. The van der Waals surface area contributed by atoms with E-state index in [1.54, 1.807) is 12.1 Å². The van der Waals surface area contributed by atoms with Crippen LogP contribution in [0.5, 0.6) is 0 Å². The number of halogens is 2. The topological polar surface area (TPSA) is 49.6 Å². The summed E-state index contributed by atoms with van der Waals surface area (Å²) in [5.74, 6) is -0.551. The van der Waals surface area contributed by atoms with Gasteiger partial charge in [0.25, 0.3) is 0 Å². The van der Waals surface area contributed by atoms with Crippen LogP contribution in [0.25, 0.3) is 11.0 Å². The lowest BCUT2D eigenvalue weighted by Gasteiger charge is -2.24. The molecule has 0 spiro atoms. The van der Waals surface area contributed by atoms with Crippen molar-refractivity contribution in [3.63, 3.8) is 0 Å². The summed E-state index contributed by atoms with van der Waals surface area (Å²) in [6.45, 7) is 0.355. The van der Waals surface area contributed by atoms with Gasteiger partial charge >= 0.3 is 0 Å². The molecular formula is C18H18ClFN4OS. The molecule has 0 fully saturated rings. The number of aromatic nitrogens is 2. The van der Waals surface area contributed by atoms with Gasteiger partial charge in [-0.05, 0) is 37.9 Å². The third-order valence-corrected chi connectivity index (χ3v) is 5.01. The maximum absolute atomic E-state index is 13.5. The maximum Gasteiger partial charge on any atom is 0.244 e. The highest BCUT2D eigenvalue weighted by molar-refractivity contribution is 7.15. The largest absolute Gasteiger partial charge is 0.351 e. The van der Waals surface area contributed by atoms with Gasteiger partial charge in [-0.2, -0.15) is 0 Å². The monoisotopic (exact) mass is 392 g/mol. The molecule has 0 aliphatic heterocycles. The number of carbonyl (C=O) groups is 1. The minimum Gasteiger partial charge on any atom is -0.351 e. The molecule has 0 saturated heterocycles. The normalized spacial score (nSPS) is 13.0. The smallest absolute Gasteiger partial charge is 0.244 e. The van der Waals surface area contributed by atoms with E-state index >= 15 is 0 Å². The van der Waals surface area contributed by atoms with Gasteiger partial charge in [0.05, 0.1) is 11.7 Å². The molecule has 0 saturated carbocycles. The van der Waals surface area contributed by atoms with Gasteiger partial charge in [0.1, 0.15) is 5.82 Å². The molecule has 0 radical (unpaired) electrons. The van der Waals surface area contributed by atoms with Gasteiger partial charge in [-0.1, -0.05) is 23.7 Å². The zero-order chi connectivity index (χ0) is 18.7. The lowest BCUT2D eigenvalue weighted by Crippen LogP contribution is -2.33. The summed E-state index contributed by atoms with van der Waals surface area (Å²) >= 11 is 7.58. The number of thiazole rings is 1. The van der Waals surface area contributed by atoms with Crippen molar-refractivity contribution in [1.82, 2.24) is 19.6 Å². The molecule has 5 nitrogen and oxygen atoms in total. The first-order valence-electron chi connectivity index (χ1n) is 7.94. The Morgan fingerprint density at radius 1 is 1.50 bits per heavy atom. The third kappa shape index (κ3) is 4.12. The second-order valence-electron chi connectivity index (χ2n) is 5.96. The van der Waals surface area contributed by atoms with Crippen LogP contribution < -0.4 is 5.32 Å². The molecule has 2 aromatic heterocycles. The van der Waals surface area contributed by atoms with Crippen LogP contribution >= 0.6 is 22.9 Å². The van der Waals surface area contributed by atoms with Gasteiger partial charge in [-0.25, -0.2) is 9.37 Å². The second kappa shape index (κ2) is 7.99. The number of hydrogen-bond acceptors (Lipinski definition) is 4. The van der Waals surface area contributed by atoms with Crippen molar-refractivity contribution in [3.8, 4) is 0 Å². The van der Waals surface area contributed by atoms with Gasteiger partial charge in [0, 0.05) is 24.2 Å². The van der Waals surface area contributed by atoms with Gasteiger partial charge in [0.15, 0.2) is 10.1 Å². The number of amides is 1. The number of fused-ring (bicyclic) bond motifs is 1. The molecule has 0 aliphatic rings. The Hall–Kier alpha value is -2.22. The minimum atomic E-state index is -0.296. The molecule has 1 amide bonds. The van der Waals surface area contributed by atoms with Crippen molar-refractivity contribution in [2.75, 3.05) is 20.6 Å². The maximum atomic E-state index is 13.5. The first-order chi connectivity index (χ1) is 12.5. The highest BCUT2D eigenvalue weighted by Crippen LogP contribution is 2.22. The van der Waals surface area contributed by atoms with E-state index in [9.17, 15) is 9.18 Å². The molecule has 3 aromatic rings. The predicted molar refractivity (Wildman–Crippen MR) is 103 cm³/mol. The Balaban J connectivity index is 1.67. The highest BCUT2D eigenvalue weighted by Gasteiger charge is 2.15. The third-order valence-electron chi connectivity index (χ3n) is 3.97. The Morgan fingerprint density at radius 2 is 2.31 bits per heavy atom. The number of nitrogens with one attached hydrogen (secondary N) is 1. The van der Waals surface area contributed by atoms with Gasteiger partial charge in [0.2, 0.25) is 5.91 Å². The number of rotatable bonds is 6. The molecule has 1 N–H and O–H groups in total. The lowest BCUT2D eigenvalue weighted by molar-refractivity contribution is -0.116. The van der Waals surface area contributed by atoms with E-state index in [1.807, 2.05) is 41.0 Å². The van der Waals surface area contributed by atoms with Gasteiger partial charge < -0.3 is 10.2 Å². The quantitative estimate of drug-likeness (QED) is 0.652. The summed E-state index contributed by atoms with van der Waals surface area (Å²) in [7, 11) is 3.77. The van der Waals surface area contributed by atoms with Crippen LogP contribution in [0.1, 0.15) is 17.3 Å². The van der Waals surface area contributed by atoms with Crippen molar-refractivity contribution in [2.24, 2.45) is 0 Å². The van der Waals surface area contributed by atoms with Crippen LogP contribution in [-0.4, -0.2) is 40.8 Å². The molecule has 1 unspecified atom stereocenters. The lowest BCUT2D eigenvalue weighted by atomic mass is 10.1. The van der Waals surface area contributed by atoms with E-state index in [-0.39, 0.29) is 17.8 Å². The average Bonchev–Trinajstić information content (AvgIpc) is 3.13. The summed E-state index contributed by atoms with van der Waals surface area (Å²) in [6, 6.07) is 6.25. The van der Waals surface area contributed by atoms with Gasteiger partial charge in [-0.3, -0.25) is 9.20 Å². The fraction of sp³-hybridized carbons (Fsp3) is 0.222. The van der Waals surface area contributed by atoms with Crippen LogP contribution in [0.15, 0.2) is 41.9 Å². The fourth-order valence-electron chi connectivity index (χ4n) is 2.65. The van der Waals surface area contributed by atoms with E-state index in [0.717, 1.165) is 10.5 Å². The average molecular weight is 393 g/mol.